The molecule has 3 heteroatoms. The Morgan fingerprint density at radius 2 is 1.31 bits per heavy atom. The molecule has 0 aromatic carbocycles. The molecule has 0 N–H and O–H groups in total. The van der Waals surface area contributed by atoms with Gasteiger partial charge in [0.15, 0.2) is 0 Å². The van der Waals surface area contributed by atoms with Crippen LogP contribution in [0.15, 0.2) is 48.8 Å². The Morgan fingerprint density at radius 1 is 0.769 bits per heavy atom. The van der Waals surface area contributed by atoms with E-state index >= 15 is 0 Å². The Balaban J connectivity index is 2.16. The maximum atomic E-state index is 4.31. The molecule has 0 aliphatic carbocycles. The maximum absolute atomic E-state index is 4.31. The Kier molecular flexibility index (Phi) is 2.99. The third-order valence-corrected chi connectivity index (χ3v) is 5.37. The topological polar surface area (TPSA) is 25.8 Å². The minimum absolute atomic E-state index is 0.835. The van der Waals surface area contributed by atoms with Gasteiger partial charge in [-0.15, -0.1) is 0 Å². The first kappa shape index (κ1) is 8.77. The molecular weight excluding hydrogens is 357 g/mol. The number of nitrogens with zero attached hydrogens (tertiary/aromatic N) is 2. The summed E-state index contributed by atoms with van der Waals surface area (Å²) >= 11 is -0.835. The molecule has 2 rings (SSSR count). The number of aromatic nitrogens is 2. The van der Waals surface area contributed by atoms with Gasteiger partial charge in [0.1, 0.15) is 0 Å². The first-order valence-electron chi connectivity index (χ1n) is 3.99. The van der Waals surface area contributed by atoms with Gasteiger partial charge in [0.05, 0.1) is 0 Å². The molecule has 2 heterocycles. The van der Waals surface area contributed by atoms with Crippen LogP contribution in [0.25, 0.3) is 0 Å². The van der Waals surface area contributed by atoms with E-state index in [-0.39, 0.29) is 0 Å². The van der Waals surface area contributed by atoms with E-state index in [4.69, 9.17) is 0 Å². The van der Waals surface area contributed by atoms with Crippen molar-refractivity contribution in [3.8, 4) is 0 Å². The molecule has 2 nitrogen and oxygen atoms in total. The van der Waals surface area contributed by atoms with Crippen LogP contribution < -0.4 is 6.80 Å². The molecule has 0 aliphatic heterocycles. The summed E-state index contributed by atoms with van der Waals surface area (Å²) in [4.78, 5) is 8.63. The second-order valence-electron chi connectivity index (χ2n) is 2.49. The molecular formula is C10H8BiN2. The van der Waals surface area contributed by atoms with Crippen LogP contribution in [0.4, 0.5) is 0 Å². The van der Waals surface area contributed by atoms with Crippen LogP contribution in [-0.2, 0) is 0 Å². The van der Waals surface area contributed by atoms with Crippen LogP contribution in [0, 0.1) is 0 Å². The van der Waals surface area contributed by atoms with E-state index in [0.717, 1.165) is 0 Å². The van der Waals surface area contributed by atoms with Crippen molar-refractivity contribution in [3.63, 3.8) is 0 Å². The van der Waals surface area contributed by atoms with E-state index in [1.165, 1.54) is 6.80 Å². The molecule has 0 saturated heterocycles. The van der Waals surface area contributed by atoms with Crippen molar-refractivity contribution in [1.82, 2.24) is 9.97 Å². The molecule has 0 unspecified atom stereocenters. The summed E-state index contributed by atoms with van der Waals surface area (Å²) in [6, 6.07) is 12.1. The van der Waals surface area contributed by atoms with E-state index in [2.05, 4.69) is 22.1 Å². The molecule has 2 aromatic rings. The Morgan fingerprint density at radius 3 is 1.69 bits per heavy atom. The molecule has 0 amide bonds. The predicted octanol–water partition coefficient (Wildman–Crippen LogP) is 0.132. The van der Waals surface area contributed by atoms with Crippen molar-refractivity contribution in [2.24, 2.45) is 0 Å². The zero-order chi connectivity index (χ0) is 8.93. The van der Waals surface area contributed by atoms with Gasteiger partial charge < -0.3 is 0 Å². The molecule has 0 saturated carbocycles. The van der Waals surface area contributed by atoms with Crippen molar-refractivity contribution in [1.29, 1.82) is 0 Å². The van der Waals surface area contributed by atoms with Gasteiger partial charge in [-0.2, -0.15) is 0 Å². The second-order valence-corrected chi connectivity index (χ2v) is 6.92. The van der Waals surface area contributed by atoms with Crippen molar-refractivity contribution in [2.45, 2.75) is 0 Å². The standard InChI is InChI=1S/2C5H4N.Bi/c2*1-2-4-6-5-3-1;/h2*1-4H;. The average molecular weight is 365 g/mol. The zero-order valence-corrected chi connectivity index (χ0v) is 10.4. The van der Waals surface area contributed by atoms with Crippen molar-refractivity contribution in [3.05, 3.63) is 48.8 Å². The fraction of sp³-hybridized carbons (Fsp3) is 0. The molecule has 2 aromatic heterocycles. The SMILES string of the molecule is c1cc[c]([Bi][c]2ccccn2)nc1. The van der Waals surface area contributed by atoms with E-state index in [1.54, 1.807) is 0 Å². The Bertz CT molecular complexity index is 324. The van der Waals surface area contributed by atoms with Gasteiger partial charge in [-0.25, -0.2) is 0 Å². The summed E-state index contributed by atoms with van der Waals surface area (Å²) in [7, 11) is 0. The van der Waals surface area contributed by atoms with Crippen LogP contribution in [0.1, 0.15) is 0 Å². The number of pyridine rings is 2. The third kappa shape index (κ3) is 2.56. The molecule has 1 radical (unpaired) electrons. The summed E-state index contributed by atoms with van der Waals surface area (Å²) in [6.45, 7) is 0. The van der Waals surface area contributed by atoms with Crippen LogP contribution >= 0.6 is 0 Å². The number of hydrogen-bond acceptors (Lipinski definition) is 2. The van der Waals surface area contributed by atoms with Gasteiger partial charge in [-0.1, -0.05) is 0 Å². The first-order chi connectivity index (χ1) is 6.45. The third-order valence-electron chi connectivity index (χ3n) is 1.53. The summed E-state index contributed by atoms with van der Waals surface area (Å²) < 4.78 is 2.47. The first-order valence-corrected chi connectivity index (χ1v) is 7.47. The van der Waals surface area contributed by atoms with E-state index in [0.29, 0.717) is 0 Å². The van der Waals surface area contributed by atoms with Gasteiger partial charge in [-0.05, 0) is 0 Å². The van der Waals surface area contributed by atoms with Gasteiger partial charge in [-0.3, -0.25) is 0 Å². The molecule has 0 atom stereocenters. The molecule has 0 fully saturated rings. The van der Waals surface area contributed by atoms with Crippen molar-refractivity contribution < 1.29 is 0 Å². The van der Waals surface area contributed by atoms with Crippen LogP contribution in [-0.4, -0.2) is 33.2 Å². The predicted molar refractivity (Wildman–Crippen MR) is 53.5 cm³/mol. The monoisotopic (exact) mass is 365 g/mol. The second kappa shape index (κ2) is 4.43. The van der Waals surface area contributed by atoms with Gasteiger partial charge in [0.2, 0.25) is 0 Å². The summed E-state index contributed by atoms with van der Waals surface area (Å²) in [5, 5.41) is 0. The van der Waals surface area contributed by atoms with Crippen molar-refractivity contribution in [2.75, 3.05) is 0 Å². The summed E-state index contributed by atoms with van der Waals surface area (Å²) in [6.07, 6.45) is 3.70. The van der Waals surface area contributed by atoms with Crippen LogP contribution in [0.5, 0.6) is 0 Å². The normalized spacial score (nSPS) is 9.85. The van der Waals surface area contributed by atoms with E-state index < -0.39 is 23.2 Å². The van der Waals surface area contributed by atoms with E-state index in [9.17, 15) is 0 Å². The fourth-order valence-corrected chi connectivity index (χ4v) is 4.09. The molecule has 13 heavy (non-hydrogen) atoms. The molecule has 63 valence electrons. The van der Waals surface area contributed by atoms with E-state index in [1.807, 2.05) is 36.7 Å². The minimum atomic E-state index is -0.835. The Labute approximate surface area is 88.6 Å². The average Bonchev–Trinajstić information content (AvgIpc) is 2.21. The van der Waals surface area contributed by atoms with Gasteiger partial charge >= 0.3 is 88.8 Å². The summed E-state index contributed by atoms with van der Waals surface area (Å²) in [5.41, 5.74) is 0. The van der Waals surface area contributed by atoms with Gasteiger partial charge in [0.25, 0.3) is 0 Å². The Hall–Kier alpha value is -0.817. The van der Waals surface area contributed by atoms with Gasteiger partial charge in [0, 0.05) is 0 Å². The quantitative estimate of drug-likeness (QED) is 0.708. The number of rotatable bonds is 2. The number of hydrogen-bond donors (Lipinski definition) is 0. The zero-order valence-electron chi connectivity index (χ0n) is 6.96. The van der Waals surface area contributed by atoms with Crippen LogP contribution in [0.2, 0.25) is 0 Å². The molecule has 0 bridgehead atoms. The van der Waals surface area contributed by atoms with Crippen LogP contribution in [0.3, 0.4) is 0 Å². The molecule has 0 aliphatic rings. The molecule has 0 spiro atoms. The van der Waals surface area contributed by atoms with Crippen molar-refractivity contribution >= 4 is 30.0 Å². The summed E-state index contributed by atoms with van der Waals surface area (Å²) in [5.74, 6) is 0. The fourth-order valence-electron chi connectivity index (χ4n) is 0.957.